The number of nitrogens with one attached hydrogen (secondary N) is 2. The number of hydrogen-bond acceptors (Lipinski definition) is 2. The minimum Gasteiger partial charge on any atom is -0.322 e. The SMILES string of the molecule is O=C(Nc1ccc(/C=C\c2ccc(NC(=O)c3ccccc3)cc2)cc1)c1ccccc1. The van der Waals surface area contributed by atoms with Crippen molar-refractivity contribution in [1.82, 2.24) is 0 Å². The maximum atomic E-state index is 12.2. The molecule has 2 amide bonds. The van der Waals surface area contributed by atoms with Crippen LogP contribution in [0.5, 0.6) is 0 Å². The fourth-order valence-corrected chi connectivity index (χ4v) is 3.13. The molecule has 0 aromatic heterocycles. The Morgan fingerprint density at radius 2 is 0.812 bits per heavy atom. The number of carbonyl (C=O) groups excluding carboxylic acids is 2. The predicted molar refractivity (Wildman–Crippen MR) is 131 cm³/mol. The van der Waals surface area contributed by atoms with Gasteiger partial charge in [0, 0.05) is 22.5 Å². The highest BCUT2D eigenvalue weighted by Crippen LogP contribution is 2.16. The van der Waals surface area contributed by atoms with Crippen LogP contribution in [0.3, 0.4) is 0 Å². The van der Waals surface area contributed by atoms with Gasteiger partial charge in [-0.2, -0.15) is 0 Å². The van der Waals surface area contributed by atoms with E-state index in [4.69, 9.17) is 0 Å². The molecule has 4 aromatic carbocycles. The Hall–Kier alpha value is -4.44. The molecule has 0 atom stereocenters. The molecule has 4 heteroatoms. The Kier molecular flexibility index (Phi) is 6.54. The van der Waals surface area contributed by atoms with E-state index in [1.165, 1.54) is 0 Å². The zero-order valence-corrected chi connectivity index (χ0v) is 17.4. The van der Waals surface area contributed by atoms with Crippen molar-refractivity contribution < 1.29 is 9.59 Å². The van der Waals surface area contributed by atoms with Crippen LogP contribution in [0.2, 0.25) is 0 Å². The number of hydrogen-bond donors (Lipinski definition) is 2. The zero-order valence-electron chi connectivity index (χ0n) is 17.4. The van der Waals surface area contributed by atoms with E-state index >= 15 is 0 Å². The van der Waals surface area contributed by atoms with Gasteiger partial charge in [-0.3, -0.25) is 9.59 Å². The van der Waals surface area contributed by atoms with E-state index in [0.29, 0.717) is 11.1 Å². The van der Waals surface area contributed by atoms with Gasteiger partial charge in [0.1, 0.15) is 0 Å². The van der Waals surface area contributed by atoms with Crippen molar-refractivity contribution >= 4 is 35.3 Å². The average molecular weight is 418 g/mol. The summed E-state index contributed by atoms with van der Waals surface area (Å²) in [5.41, 5.74) is 4.78. The molecule has 0 spiro atoms. The van der Waals surface area contributed by atoms with Gasteiger partial charge in [0.2, 0.25) is 0 Å². The van der Waals surface area contributed by atoms with Gasteiger partial charge < -0.3 is 10.6 Å². The third-order valence-corrected chi connectivity index (χ3v) is 4.88. The van der Waals surface area contributed by atoms with Gasteiger partial charge in [0.15, 0.2) is 0 Å². The third-order valence-electron chi connectivity index (χ3n) is 4.88. The van der Waals surface area contributed by atoms with E-state index in [-0.39, 0.29) is 11.8 Å². The lowest BCUT2D eigenvalue weighted by Gasteiger charge is -2.06. The number of carbonyl (C=O) groups is 2. The van der Waals surface area contributed by atoms with E-state index < -0.39 is 0 Å². The second-order valence-corrected chi connectivity index (χ2v) is 7.22. The number of amides is 2. The molecule has 2 N–H and O–H groups in total. The van der Waals surface area contributed by atoms with Crippen LogP contribution in [0.4, 0.5) is 11.4 Å². The molecule has 0 aliphatic carbocycles. The van der Waals surface area contributed by atoms with Gasteiger partial charge in [0.25, 0.3) is 11.8 Å². The predicted octanol–water partition coefficient (Wildman–Crippen LogP) is 6.36. The first-order valence-corrected chi connectivity index (χ1v) is 10.3. The van der Waals surface area contributed by atoms with Crippen molar-refractivity contribution in [3.63, 3.8) is 0 Å². The van der Waals surface area contributed by atoms with E-state index in [0.717, 1.165) is 22.5 Å². The van der Waals surface area contributed by atoms with Crippen LogP contribution >= 0.6 is 0 Å². The van der Waals surface area contributed by atoms with Gasteiger partial charge in [-0.05, 0) is 59.7 Å². The molecule has 32 heavy (non-hydrogen) atoms. The highest BCUT2D eigenvalue weighted by Gasteiger charge is 2.05. The van der Waals surface area contributed by atoms with Crippen LogP contribution < -0.4 is 10.6 Å². The second-order valence-electron chi connectivity index (χ2n) is 7.22. The first-order chi connectivity index (χ1) is 15.7. The van der Waals surface area contributed by atoms with E-state index in [2.05, 4.69) is 10.6 Å². The molecule has 0 fully saturated rings. The molecule has 0 bridgehead atoms. The summed E-state index contributed by atoms with van der Waals surface area (Å²) in [6.45, 7) is 0. The fourth-order valence-electron chi connectivity index (χ4n) is 3.13. The summed E-state index contributed by atoms with van der Waals surface area (Å²) in [4.78, 5) is 24.5. The lowest BCUT2D eigenvalue weighted by Crippen LogP contribution is -2.11. The summed E-state index contributed by atoms with van der Waals surface area (Å²) in [6, 6.07) is 33.6. The molecule has 4 aromatic rings. The quantitative estimate of drug-likeness (QED) is 0.358. The molecule has 0 radical (unpaired) electrons. The van der Waals surface area contributed by atoms with Crippen molar-refractivity contribution in [3.8, 4) is 0 Å². The molecular weight excluding hydrogens is 396 g/mol. The zero-order chi connectivity index (χ0) is 22.2. The van der Waals surface area contributed by atoms with Crippen LogP contribution in [-0.4, -0.2) is 11.8 Å². The summed E-state index contributed by atoms with van der Waals surface area (Å²) in [5.74, 6) is -0.262. The average Bonchev–Trinajstić information content (AvgIpc) is 2.85. The smallest absolute Gasteiger partial charge is 0.255 e. The molecule has 0 aliphatic rings. The van der Waals surface area contributed by atoms with E-state index in [9.17, 15) is 9.59 Å². The van der Waals surface area contributed by atoms with Crippen molar-refractivity contribution in [2.75, 3.05) is 10.6 Å². The summed E-state index contributed by atoms with van der Waals surface area (Å²) >= 11 is 0. The molecule has 0 unspecified atom stereocenters. The number of benzene rings is 4. The maximum absolute atomic E-state index is 12.2. The first kappa shape index (κ1) is 20.8. The van der Waals surface area contributed by atoms with Crippen molar-refractivity contribution in [2.24, 2.45) is 0 Å². The minimum atomic E-state index is -0.131. The van der Waals surface area contributed by atoms with Crippen molar-refractivity contribution in [3.05, 3.63) is 131 Å². The van der Waals surface area contributed by atoms with Gasteiger partial charge in [-0.15, -0.1) is 0 Å². The Bertz CT molecular complexity index is 1120. The van der Waals surface area contributed by atoms with Crippen LogP contribution in [0, 0.1) is 0 Å². The highest BCUT2D eigenvalue weighted by atomic mass is 16.2. The summed E-state index contributed by atoms with van der Waals surface area (Å²) in [6.07, 6.45) is 4.00. The Morgan fingerprint density at radius 3 is 1.16 bits per heavy atom. The molecule has 4 nitrogen and oxygen atoms in total. The molecule has 0 saturated carbocycles. The van der Waals surface area contributed by atoms with Crippen LogP contribution in [0.15, 0.2) is 109 Å². The third kappa shape index (κ3) is 5.58. The summed E-state index contributed by atoms with van der Waals surface area (Å²) < 4.78 is 0. The molecule has 4 rings (SSSR count). The van der Waals surface area contributed by atoms with E-state index in [1.54, 1.807) is 24.3 Å². The summed E-state index contributed by atoms with van der Waals surface area (Å²) in [5, 5.41) is 5.79. The number of rotatable bonds is 6. The van der Waals surface area contributed by atoms with Gasteiger partial charge in [0.05, 0.1) is 0 Å². The fraction of sp³-hybridized carbons (Fsp3) is 0. The lowest BCUT2D eigenvalue weighted by molar-refractivity contribution is 0.101. The van der Waals surface area contributed by atoms with Gasteiger partial charge >= 0.3 is 0 Å². The molecule has 0 saturated heterocycles. The maximum Gasteiger partial charge on any atom is 0.255 e. The van der Waals surface area contributed by atoms with Crippen molar-refractivity contribution in [1.29, 1.82) is 0 Å². The lowest BCUT2D eigenvalue weighted by atomic mass is 10.1. The first-order valence-electron chi connectivity index (χ1n) is 10.3. The summed E-state index contributed by atoms with van der Waals surface area (Å²) in [7, 11) is 0. The van der Waals surface area contributed by atoms with E-state index in [1.807, 2.05) is 97.1 Å². The monoisotopic (exact) mass is 418 g/mol. The second kappa shape index (κ2) is 10.0. The topological polar surface area (TPSA) is 58.2 Å². The molecule has 0 heterocycles. The van der Waals surface area contributed by atoms with Gasteiger partial charge in [-0.1, -0.05) is 72.8 Å². The molecule has 0 aliphatic heterocycles. The Morgan fingerprint density at radius 1 is 0.469 bits per heavy atom. The molecular formula is C28H22N2O2. The molecule has 156 valence electrons. The van der Waals surface area contributed by atoms with Crippen LogP contribution in [-0.2, 0) is 0 Å². The minimum absolute atomic E-state index is 0.131. The van der Waals surface area contributed by atoms with Crippen LogP contribution in [0.1, 0.15) is 31.8 Å². The van der Waals surface area contributed by atoms with Gasteiger partial charge in [-0.25, -0.2) is 0 Å². The Labute approximate surface area is 187 Å². The largest absolute Gasteiger partial charge is 0.322 e. The highest BCUT2D eigenvalue weighted by molar-refractivity contribution is 6.04. The normalized spacial score (nSPS) is 10.6. The standard InChI is InChI=1S/C28H22N2O2/c31-27(23-7-3-1-4-8-23)29-25-17-13-21(14-18-25)11-12-22-15-19-26(20-16-22)30-28(32)24-9-5-2-6-10-24/h1-20H,(H,29,31)(H,30,32)/b12-11-. The van der Waals surface area contributed by atoms with Crippen molar-refractivity contribution in [2.45, 2.75) is 0 Å². The number of anilines is 2. The Balaban J connectivity index is 1.34. The van der Waals surface area contributed by atoms with Crippen LogP contribution in [0.25, 0.3) is 12.2 Å².